The van der Waals surface area contributed by atoms with Crippen LogP contribution in [-0.2, 0) is 18.9 Å². The Morgan fingerprint density at radius 2 is 1.02 bits per heavy atom. The van der Waals surface area contributed by atoms with Gasteiger partial charge in [-0.2, -0.15) is 0 Å². The van der Waals surface area contributed by atoms with E-state index in [0.717, 1.165) is 46.6 Å². The van der Waals surface area contributed by atoms with Crippen LogP contribution >= 0.6 is 46.6 Å². The number of hydrogen-bond acceptors (Lipinski definition) is 21. The highest BCUT2D eigenvalue weighted by molar-refractivity contribution is 8.01. The van der Waals surface area contributed by atoms with E-state index >= 15 is 0 Å². The van der Waals surface area contributed by atoms with Gasteiger partial charge < -0.3 is 23.7 Å². The van der Waals surface area contributed by atoms with Crippen LogP contribution < -0.4 is 4.74 Å². The predicted octanol–water partition coefficient (Wildman–Crippen LogP) is 3.96. The molecule has 0 saturated heterocycles. The fraction of sp³-hybridized carbons (Fsp3) is 0.357. The van der Waals surface area contributed by atoms with E-state index in [-0.39, 0.29) is 74.8 Å². The van der Waals surface area contributed by atoms with Gasteiger partial charge in [0.1, 0.15) is 24.2 Å². The van der Waals surface area contributed by atoms with Gasteiger partial charge in [-0.15, -0.1) is 20.4 Å². The molecule has 0 fully saturated rings. The molecule has 0 bridgehead atoms. The molecule has 0 spiro atoms. The number of hydrogen-bond donors (Lipinski definition) is 0. The molecular formula is C28H28N10O9S4. The lowest BCUT2D eigenvalue weighted by atomic mass is 10.2. The van der Waals surface area contributed by atoms with Crippen LogP contribution in [0.4, 0.5) is 0 Å². The summed E-state index contributed by atoms with van der Waals surface area (Å²) in [5, 5.41) is 24.9. The van der Waals surface area contributed by atoms with Crippen molar-refractivity contribution >= 4 is 70.5 Å². The van der Waals surface area contributed by atoms with Gasteiger partial charge in [0.25, 0.3) is 0 Å². The highest BCUT2D eigenvalue weighted by atomic mass is 32.2. The molecule has 0 N–H and O–H groups in total. The van der Waals surface area contributed by atoms with E-state index in [1.807, 2.05) is 0 Å². The monoisotopic (exact) mass is 776 g/mol. The van der Waals surface area contributed by atoms with Crippen molar-refractivity contribution in [3.63, 3.8) is 0 Å². The molecule has 0 radical (unpaired) electrons. The average molecular weight is 777 g/mol. The molecule has 0 aliphatic carbocycles. The van der Waals surface area contributed by atoms with E-state index < -0.39 is 23.9 Å². The van der Waals surface area contributed by atoms with Crippen LogP contribution in [0.5, 0.6) is 5.75 Å². The van der Waals surface area contributed by atoms with E-state index in [0.29, 0.717) is 16.6 Å². The van der Waals surface area contributed by atoms with E-state index in [1.165, 1.54) is 9.36 Å². The summed E-state index contributed by atoms with van der Waals surface area (Å²) >= 11 is 3.68. The lowest BCUT2D eigenvalue weighted by Gasteiger charge is -2.15. The topological polar surface area (TPSA) is 227 Å². The van der Waals surface area contributed by atoms with Crippen LogP contribution in [0.2, 0.25) is 0 Å². The minimum atomic E-state index is -0.783. The Hall–Kier alpha value is -5.00. The molecule has 5 rings (SSSR count). The van der Waals surface area contributed by atoms with Gasteiger partial charge in [0.15, 0.2) is 11.4 Å². The van der Waals surface area contributed by atoms with Gasteiger partial charge >= 0.3 is 23.9 Å². The maximum Gasteiger partial charge on any atom is 0.361 e. The number of carbonyl (C=O) groups is 4. The van der Waals surface area contributed by atoms with Crippen molar-refractivity contribution in [2.24, 2.45) is 0 Å². The third kappa shape index (κ3) is 8.16. The lowest BCUT2D eigenvalue weighted by Crippen LogP contribution is -2.11. The fourth-order valence-electron chi connectivity index (χ4n) is 4.13. The molecule has 4 aromatic heterocycles. The minimum Gasteiger partial charge on any atom is -0.494 e. The van der Waals surface area contributed by atoms with Crippen molar-refractivity contribution in [1.29, 1.82) is 0 Å². The zero-order valence-corrected chi connectivity index (χ0v) is 30.8. The first-order valence-electron chi connectivity index (χ1n) is 15.1. The van der Waals surface area contributed by atoms with Crippen LogP contribution in [0.25, 0.3) is 11.4 Å². The smallest absolute Gasteiger partial charge is 0.361 e. The quantitative estimate of drug-likeness (QED) is 0.102. The summed E-state index contributed by atoms with van der Waals surface area (Å²) in [6, 6.07) is 4.90. The van der Waals surface area contributed by atoms with Crippen LogP contribution in [0, 0.1) is 0 Å². The third-order valence-electron chi connectivity index (χ3n) is 6.14. The van der Waals surface area contributed by atoms with Crippen molar-refractivity contribution in [3.8, 4) is 17.1 Å². The Labute approximate surface area is 305 Å². The SMILES string of the molecule is CCOC(=O)c1nnsc1Sc1c(C(=O)OCC)nnn1-c1ccc(OCC)cc1-n1nnc(C(=O)OCC)c1Sc1snnc1C(=O)OCC. The van der Waals surface area contributed by atoms with Crippen LogP contribution in [0.15, 0.2) is 36.7 Å². The van der Waals surface area contributed by atoms with Crippen LogP contribution in [0.3, 0.4) is 0 Å². The number of nitrogens with zero attached hydrogens (tertiary/aromatic N) is 10. The lowest BCUT2D eigenvalue weighted by molar-refractivity contribution is 0.0505. The highest BCUT2D eigenvalue weighted by Gasteiger charge is 2.31. The van der Waals surface area contributed by atoms with Gasteiger partial charge in [0.2, 0.25) is 11.4 Å². The Morgan fingerprint density at radius 1 is 0.588 bits per heavy atom. The normalized spacial score (nSPS) is 10.9. The zero-order chi connectivity index (χ0) is 36.5. The van der Waals surface area contributed by atoms with Gasteiger partial charge in [-0.25, -0.2) is 28.5 Å². The van der Waals surface area contributed by atoms with E-state index in [2.05, 4.69) is 39.8 Å². The largest absolute Gasteiger partial charge is 0.494 e. The number of benzene rings is 1. The molecule has 19 nitrogen and oxygen atoms in total. The second-order valence-corrected chi connectivity index (χ2v) is 13.3. The summed E-state index contributed by atoms with van der Waals surface area (Å²) in [6.45, 7) is 9.02. The number of aromatic nitrogens is 10. The summed E-state index contributed by atoms with van der Waals surface area (Å²) in [4.78, 5) is 51.7. The summed E-state index contributed by atoms with van der Waals surface area (Å²) in [5.74, 6) is -2.57. The van der Waals surface area contributed by atoms with Gasteiger partial charge in [-0.1, -0.05) is 42.9 Å². The molecule has 1 aromatic carbocycles. The van der Waals surface area contributed by atoms with Gasteiger partial charge in [-0.05, 0) is 69.8 Å². The standard InChI is InChI=1S/C28H28N10O9S4/c1-6-43-14-11-12-15(37-21(17(29-33-37)23(39)44-7-2)48-27-19(31-35-50-27)25(41)46-9-4)16(13-14)38-22(18(30-34-38)24(40)45-8-3)49-28-20(32-36-51-28)26(42)47-10-5/h11-13H,6-10H2,1-5H3. The van der Waals surface area contributed by atoms with E-state index in [1.54, 1.807) is 52.8 Å². The minimum absolute atomic E-state index is 0.0491. The molecule has 0 aliphatic heterocycles. The predicted molar refractivity (Wildman–Crippen MR) is 179 cm³/mol. The molecule has 0 aliphatic rings. The summed E-state index contributed by atoms with van der Waals surface area (Å²) in [7, 11) is 0. The van der Waals surface area contributed by atoms with E-state index in [4.69, 9.17) is 23.7 Å². The first-order chi connectivity index (χ1) is 24.8. The van der Waals surface area contributed by atoms with Gasteiger partial charge in [0.05, 0.1) is 44.4 Å². The Balaban J connectivity index is 1.72. The summed E-state index contributed by atoms with van der Waals surface area (Å²) < 4.78 is 37.6. The fourth-order valence-corrected chi connectivity index (χ4v) is 7.59. The third-order valence-corrected chi connectivity index (χ3v) is 10.0. The van der Waals surface area contributed by atoms with Crippen molar-refractivity contribution in [1.82, 2.24) is 49.2 Å². The van der Waals surface area contributed by atoms with Gasteiger partial charge in [0, 0.05) is 6.07 Å². The van der Waals surface area contributed by atoms with Crippen molar-refractivity contribution < 1.29 is 42.9 Å². The van der Waals surface area contributed by atoms with Crippen LogP contribution in [-0.4, -0.2) is 106 Å². The molecule has 0 amide bonds. The van der Waals surface area contributed by atoms with Crippen molar-refractivity contribution in [2.45, 2.75) is 53.1 Å². The molecule has 4 heterocycles. The van der Waals surface area contributed by atoms with Gasteiger partial charge in [-0.3, -0.25) is 0 Å². The Morgan fingerprint density at radius 3 is 1.45 bits per heavy atom. The number of carbonyl (C=O) groups excluding carboxylic acids is 4. The summed E-state index contributed by atoms with van der Waals surface area (Å²) in [5.41, 5.74) is 0.0487. The second-order valence-electron chi connectivity index (χ2n) is 9.30. The molecular weight excluding hydrogens is 749 g/mol. The van der Waals surface area contributed by atoms with E-state index in [9.17, 15) is 19.2 Å². The Kier molecular flexibility index (Phi) is 12.6. The average Bonchev–Trinajstić information content (AvgIpc) is 3.93. The number of rotatable bonds is 16. The van der Waals surface area contributed by atoms with Crippen molar-refractivity contribution in [2.75, 3.05) is 33.0 Å². The highest BCUT2D eigenvalue weighted by Crippen LogP contribution is 2.40. The molecule has 0 unspecified atom stereocenters. The van der Waals surface area contributed by atoms with Crippen molar-refractivity contribution in [3.05, 3.63) is 41.0 Å². The molecule has 51 heavy (non-hydrogen) atoms. The molecule has 23 heteroatoms. The molecule has 0 saturated carbocycles. The van der Waals surface area contributed by atoms with Crippen LogP contribution in [0.1, 0.15) is 76.6 Å². The summed E-state index contributed by atoms with van der Waals surface area (Å²) in [6.07, 6.45) is 0. The second kappa shape index (κ2) is 17.3. The molecule has 0 atom stereocenters. The number of esters is 4. The zero-order valence-electron chi connectivity index (χ0n) is 27.5. The molecule has 268 valence electrons. The maximum atomic E-state index is 13.2. The first kappa shape index (κ1) is 37.3. The molecule has 5 aromatic rings. The Bertz CT molecular complexity index is 2040. The maximum absolute atomic E-state index is 13.2. The first-order valence-corrected chi connectivity index (χ1v) is 18.3. The number of ether oxygens (including phenoxy) is 5.